The molecule has 2 aromatic heterocycles. The van der Waals surface area contributed by atoms with Crippen LogP contribution in [0.1, 0.15) is 52.5 Å². The van der Waals surface area contributed by atoms with Gasteiger partial charge < -0.3 is 4.90 Å². The lowest BCUT2D eigenvalue weighted by Crippen LogP contribution is -2.48. The van der Waals surface area contributed by atoms with Gasteiger partial charge in [0.1, 0.15) is 11.5 Å². The first kappa shape index (κ1) is 15.2. The number of nitrogens with zero attached hydrogens (tertiary/aromatic N) is 5. The third-order valence-electron chi connectivity index (χ3n) is 5.22. The number of carbonyl (C=O) groups excluding carboxylic acids is 1. The third kappa shape index (κ3) is 2.46. The van der Waals surface area contributed by atoms with Crippen molar-refractivity contribution in [1.29, 1.82) is 0 Å². The van der Waals surface area contributed by atoms with E-state index in [9.17, 15) is 4.79 Å². The Morgan fingerprint density at radius 1 is 1.12 bits per heavy atom. The smallest absolute Gasteiger partial charge is 0.274 e. The zero-order valence-electron chi connectivity index (χ0n) is 14.1. The SMILES string of the molecule is Cc1cnc(C(=O)N2CCCC3(CCc4cnc(C)nc43)C2)cn1. The van der Waals surface area contributed by atoms with Gasteiger partial charge in [-0.05, 0) is 45.1 Å². The summed E-state index contributed by atoms with van der Waals surface area (Å²) in [5.74, 6) is 0.781. The highest BCUT2D eigenvalue weighted by Gasteiger charge is 2.44. The van der Waals surface area contributed by atoms with Crippen molar-refractivity contribution in [2.45, 2.75) is 44.9 Å². The van der Waals surface area contributed by atoms with E-state index in [0.29, 0.717) is 12.2 Å². The van der Waals surface area contributed by atoms with Gasteiger partial charge in [0, 0.05) is 30.9 Å². The minimum atomic E-state index is -0.0270. The Labute approximate surface area is 141 Å². The molecule has 3 heterocycles. The summed E-state index contributed by atoms with van der Waals surface area (Å²) < 4.78 is 0. The molecule has 1 spiro atoms. The molecule has 124 valence electrons. The summed E-state index contributed by atoms with van der Waals surface area (Å²) in [7, 11) is 0. The topological polar surface area (TPSA) is 71.9 Å². The van der Waals surface area contributed by atoms with Crippen molar-refractivity contribution in [3.05, 3.63) is 47.1 Å². The van der Waals surface area contributed by atoms with Gasteiger partial charge in [0.2, 0.25) is 0 Å². The monoisotopic (exact) mass is 323 g/mol. The van der Waals surface area contributed by atoms with Crippen LogP contribution < -0.4 is 0 Å². The summed E-state index contributed by atoms with van der Waals surface area (Å²) in [6.07, 6.45) is 9.31. The lowest BCUT2D eigenvalue weighted by atomic mass is 9.77. The molecule has 0 saturated carbocycles. The zero-order chi connectivity index (χ0) is 16.7. The van der Waals surface area contributed by atoms with Crippen molar-refractivity contribution in [3.8, 4) is 0 Å². The van der Waals surface area contributed by atoms with E-state index >= 15 is 0 Å². The second-order valence-corrected chi connectivity index (χ2v) is 6.94. The fourth-order valence-corrected chi connectivity index (χ4v) is 4.00. The van der Waals surface area contributed by atoms with E-state index in [1.807, 2.05) is 24.9 Å². The maximum absolute atomic E-state index is 12.8. The molecule has 1 amide bonds. The first-order valence-electron chi connectivity index (χ1n) is 8.48. The van der Waals surface area contributed by atoms with E-state index in [1.165, 1.54) is 5.56 Å². The molecule has 0 N–H and O–H groups in total. The quantitative estimate of drug-likeness (QED) is 0.803. The number of hydrogen-bond acceptors (Lipinski definition) is 5. The van der Waals surface area contributed by atoms with Crippen LogP contribution in [0.3, 0.4) is 0 Å². The molecule has 24 heavy (non-hydrogen) atoms. The van der Waals surface area contributed by atoms with Crippen molar-refractivity contribution < 1.29 is 4.79 Å². The molecule has 1 saturated heterocycles. The minimum Gasteiger partial charge on any atom is -0.336 e. The fourth-order valence-electron chi connectivity index (χ4n) is 4.00. The Hall–Kier alpha value is -2.37. The van der Waals surface area contributed by atoms with E-state index in [1.54, 1.807) is 12.4 Å². The summed E-state index contributed by atoms with van der Waals surface area (Å²) >= 11 is 0. The first-order valence-corrected chi connectivity index (χ1v) is 8.48. The third-order valence-corrected chi connectivity index (χ3v) is 5.22. The van der Waals surface area contributed by atoms with Gasteiger partial charge in [-0.25, -0.2) is 15.0 Å². The Kier molecular flexibility index (Phi) is 3.55. The molecule has 1 aliphatic carbocycles. The molecule has 4 rings (SSSR count). The summed E-state index contributed by atoms with van der Waals surface area (Å²) in [4.78, 5) is 32.3. The van der Waals surface area contributed by atoms with E-state index in [2.05, 4.69) is 15.0 Å². The average molecular weight is 323 g/mol. The molecule has 0 aromatic carbocycles. The van der Waals surface area contributed by atoms with Crippen LogP contribution in [0.15, 0.2) is 18.6 Å². The summed E-state index contributed by atoms with van der Waals surface area (Å²) in [6.45, 7) is 5.29. The number of likely N-dealkylation sites (tertiary alicyclic amines) is 1. The second-order valence-electron chi connectivity index (χ2n) is 6.94. The van der Waals surface area contributed by atoms with Crippen LogP contribution in [0.5, 0.6) is 0 Å². The van der Waals surface area contributed by atoms with Gasteiger partial charge in [-0.1, -0.05) is 0 Å². The average Bonchev–Trinajstić information content (AvgIpc) is 2.92. The molecule has 1 fully saturated rings. The fraction of sp³-hybridized carbons (Fsp3) is 0.500. The van der Waals surface area contributed by atoms with E-state index in [-0.39, 0.29) is 11.3 Å². The summed E-state index contributed by atoms with van der Waals surface area (Å²) in [5, 5.41) is 0. The molecular weight excluding hydrogens is 302 g/mol. The van der Waals surface area contributed by atoms with Gasteiger partial charge in [-0.3, -0.25) is 9.78 Å². The molecule has 0 bridgehead atoms. The van der Waals surface area contributed by atoms with Crippen LogP contribution in [0, 0.1) is 13.8 Å². The number of amides is 1. The molecule has 1 atom stereocenters. The maximum Gasteiger partial charge on any atom is 0.274 e. The van der Waals surface area contributed by atoms with Crippen LogP contribution in [0.25, 0.3) is 0 Å². The zero-order valence-corrected chi connectivity index (χ0v) is 14.1. The lowest BCUT2D eigenvalue weighted by molar-refractivity contribution is 0.0627. The highest BCUT2D eigenvalue weighted by molar-refractivity contribution is 5.92. The molecule has 0 radical (unpaired) electrons. The molecule has 2 aromatic rings. The van der Waals surface area contributed by atoms with Crippen molar-refractivity contribution in [2.24, 2.45) is 0 Å². The standard InChI is InChI=1S/C18H21N5O/c1-12-8-21-15(10-19-12)17(24)23-7-3-5-18(11-23)6-4-14-9-20-13(2)22-16(14)18/h8-10H,3-7,11H2,1-2H3. The maximum atomic E-state index is 12.8. The summed E-state index contributed by atoms with van der Waals surface area (Å²) in [6, 6.07) is 0. The van der Waals surface area contributed by atoms with E-state index < -0.39 is 0 Å². The Morgan fingerprint density at radius 2 is 2.00 bits per heavy atom. The molecule has 2 aliphatic rings. The first-order chi connectivity index (χ1) is 11.6. The number of fused-ring (bicyclic) bond motifs is 2. The number of piperidine rings is 1. The molecule has 6 heteroatoms. The molecule has 6 nitrogen and oxygen atoms in total. The van der Waals surface area contributed by atoms with Crippen molar-refractivity contribution in [3.63, 3.8) is 0 Å². The Bertz CT molecular complexity index is 784. The van der Waals surface area contributed by atoms with Crippen LogP contribution >= 0.6 is 0 Å². The Morgan fingerprint density at radius 3 is 2.79 bits per heavy atom. The van der Waals surface area contributed by atoms with Gasteiger partial charge in [0.05, 0.1) is 17.6 Å². The van der Waals surface area contributed by atoms with E-state index in [4.69, 9.17) is 4.98 Å². The number of hydrogen-bond donors (Lipinski definition) is 0. The van der Waals surface area contributed by atoms with Gasteiger partial charge in [0.25, 0.3) is 5.91 Å². The largest absolute Gasteiger partial charge is 0.336 e. The Balaban J connectivity index is 1.62. The number of rotatable bonds is 1. The lowest BCUT2D eigenvalue weighted by Gasteiger charge is -2.40. The highest BCUT2D eigenvalue weighted by Crippen LogP contribution is 2.43. The van der Waals surface area contributed by atoms with Crippen molar-refractivity contribution in [1.82, 2.24) is 24.8 Å². The van der Waals surface area contributed by atoms with Gasteiger partial charge >= 0.3 is 0 Å². The van der Waals surface area contributed by atoms with Gasteiger partial charge in [-0.15, -0.1) is 0 Å². The second kappa shape index (κ2) is 5.61. The molecular formula is C18H21N5O. The normalized spacial score (nSPS) is 22.7. The van der Waals surface area contributed by atoms with Crippen molar-refractivity contribution >= 4 is 5.91 Å². The van der Waals surface area contributed by atoms with Gasteiger partial charge in [0.15, 0.2) is 0 Å². The number of aromatic nitrogens is 4. The summed E-state index contributed by atoms with van der Waals surface area (Å²) in [5.41, 5.74) is 3.62. The van der Waals surface area contributed by atoms with Crippen LogP contribution in [0.4, 0.5) is 0 Å². The minimum absolute atomic E-state index is 0.0188. The van der Waals surface area contributed by atoms with Crippen molar-refractivity contribution in [2.75, 3.05) is 13.1 Å². The predicted octanol–water partition coefficient (Wildman–Crippen LogP) is 2.00. The molecule has 1 unspecified atom stereocenters. The number of carbonyl (C=O) groups is 1. The van der Waals surface area contributed by atoms with Crippen LogP contribution in [0.2, 0.25) is 0 Å². The van der Waals surface area contributed by atoms with Crippen LogP contribution in [-0.2, 0) is 11.8 Å². The van der Waals surface area contributed by atoms with E-state index in [0.717, 1.165) is 49.4 Å². The number of aryl methyl sites for hydroxylation is 3. The van der Waals surface area contributed by atoms with Gasteiger partial charge in [-0.2, -0.15) is 0 Å². The predicted molar refractivity (Wildman–Crippen MR) is 88.7 cm³/mol. The highest BCUT2D eigenvalue weighted by atomic mass is 16.2. The molecule has 1 aliphatic heterocycles. The van der Waals surface area contributed by atoms with Crippen LogP contribution in [-0.4, -0.2) is 43.8 Å².